The van der Waals surface area contributed by atoms with Crippen LogP contribution in [0.4, 0.5) is 4.39 Å². The minimum absolute atomic E-state index is 0.239. The van der Waals surface area contributed by atoms with E-state index >= 15 is 0 Å². The third-order valence-corrected chi connectivity index (χ3v) is 4.09. The fourth-order valence-electron chi connectivity index (χ4n) is 3.01. The molecule has 1 aromatic rings. The Morgan fingerprint density at radius 1 is 1.22 bits per heavy atom. The second-order valence-electron chi connectivity index (χ2n) is 7.28. The summed E-state index contributed by atoms with van der Waals surface area (Å²) in [5, 5.41) is 3.41. The van der Waals surface area contributed by atoms with Gasteiger partial charge in [0, 0.05) is 0 Å². The molecule has 0 amide bonds. The number of esters is 1. The van der Waals surface area contributed by atoms with Crippen molar-refractivity contribution in [2.75, 3.05) is 13.1 Å². The third-order valence-electron chi connectivity index (χ3n) is 4.09. The van der Waals surface area contributed by atoms with E-state index in [9.17, 15) is 9.18 Å². The number of fused-ring (bicyclic) bond motifs is 1. The van der Waals surface area contributed by atoms with Gasteiger partial charge in [-0.25, -0.2) is 4.39 Å². The van der Waals surface area contributed by atoms with Gasteiger partial charge in [0.25, 0.3) is 0 Å². The summed E-state index contributed by atoms with van der Waals surface area (Å²) in [6, 6.07) is 4.80. The molecule has 23 heavy (non-hydrogen) atoms. The number of carbonyl (C=O) groups is 1. The Hall–Kier alpha value is -1.42. The molecular weight excluding hydrogens is 293 g/mol. The second-order valence-corrected chi connectivity index (χ2v) is 7.28. The first-order chi connectivity index (χ1) is 10.9. The molecule has 1 aliphatic heterocycles. The normalized spacial score (nSPS) is 20.3. The number of rotatable bonds is 1. The van der Waals surface area contributed by atoms with E-state index in [-0.39, 0.29) is 17.7 Å². The SMILES string of the molecule is CC(C)(C)OC(=O)C1CCCCCNCCc2ccc(F)cc21. The molecule has 1 aromatic carbocycles. The van der Waals surface area contributed by atoms with Crippen molar-refractivity contribution in [3.8, 4) is 0 Å². The Labute approximate surface area is 138 Å². The van der Waals surface area contributed by atoms with E-state index in [0.29, 0.717) is 6.42 Å². The quantitative estimate of drug-likeness (QED) is 0.796. The first-order valence-electron chi connectivity index (χ1n) is 8.59. The summed E-state index contributed by atoms with van der Waals surface area (Å²) >= 11 is 0. The van der Waals surface area contributed by atoms with Gasteiger partial charge in [-0.1, -0.05) is 18.9 Å². The van der Waals surface area contributed by atoms with Crippen LogP contribution in [0, 0.1) is 5.82 Å². The molecule has 0 saturated carbocycles. The highest BCUT2D eigenvalue weighted by molar-refractivity contribution is 5.79. The van der Waals surface area contributed by atoms with Crippen molar-refractivity contribution in [2.45, 2.75) is 64.4 Å². The molecule has 4 heteroatoms. The van der Waals surface area contributed by atoms with Gasteiger partial charge in [-0.05, 0) is 76.4 Å². The molecule has 0 saturated heterocycles. The maximum absolute atomic E-state index is 13.8. The molecule has 1 heterocycles. The fraction of sp³-hybridized carbons (Fsp3) is 0.632. The lowest BCUT2D eigenvalue weighted by Crippen LogP contribution is -2.28. The van der Waals surface area contributed by atoms with Gasteiger partial charge in [0.15, 0.2) is 0 Å². The first-order valence-corrected chi connectivity index (χ1v) is 8.59. The van der Waals surface area contributed by atoms with Gasteiger partial charge < -0.3 is 10.1 Å². The maximum Gasteiger partial charge on any atom is 0.313 e. The van der Waals surface area contributed by atoms with E-state index in [2.05, 4.69) is 5.32 Å². The van der Waals surface area contributed by atoms with Gasteiger partial charge in [-0.15, -0.1) is 0 Å². The molecule has 0 fully saturated rings. The van der Waals surface area contributed by atoms with Crippen LogP contribution < -0.4 is 5.32 Å². The van der Waals surface area contributed by atoms with E-state index in [1.807, 2.05) is 26.8 Å². The van der Waals surface area contributed by atoms with E-state index < -0.39 is 5.60 Å². The summed E-state index contributed by atoms with van der Waals surface area (Å²) in [7, 11) is 0. The van der Waals surface area contributed by atoms with Gasteiger partial charge in [0.05, 0.1) is 5.92 Å². The standard InChI is InChI=1S/C19H28FNO2/c1-19(2,3)23-18(22)16-7-5-4-6-11-21-12-10-14-8-9-15(20)13-17(14)16/h8-9,13,16,21H,4-7,10-12H2,1-3H3. The zero-order chi connectivity index (χ0) is 16.9. The fourth-order valence-corrected chi connectivity index (χ4v) is 3.01. The van der Waals surface area contributed by atoms with Crippen molar-refractivity contribution in [3.05, 3.63) is 35.1 Å². The second kappa shape index (κ2) is 7.91. The molecule has 3 nitrogen and oxygen atoms in total. The zero-order valence-electron chi connectivity index (χ0n) is 14.5. The lowest BCUT2D eigenvalue weighted by Gasteiger charge is -2.25. The molecule has 0 spiro atoms. The molecule has 1 unspecified atom stereocenters. The van der Waals surface area contributed by atoms with Crippen LogP contribution in [0.1, 0.15) is 63.5 Å². The lowest BCUT2D eigenvalue weighted by atomic mass is 9.88. The molecule has 0 bridgehead atoms. The van der Waals surface area contributed by atoms with Gasteiger partial charge in [0.2, 0.25) is 0 Å². The van der Waals surface area contributed by atoms with Crippen molar-refractivity contribution >= 4 is 5.97 Å². The number of ether oxygens (including phenoxy) is 1. The Bertz CT molecular complexity index is 537. The van der Waals surface area contributed by atoms with Crippen LogP contribution >= 0.6 is 0 Å². The van der Waals surface area contributed by atoms with E-state index in [1.165, 1.54) is 12.1 Å². The number of halogens is 1. The van der Waals surface area contributed by atoms with Crippen LogP contribution in [0.25, 0.3) is 0 Å². The summed E-state index contributed by atoms with van der Waals surface area (Å²) in [5.41, 5.74) is 1.30. The van der Waals surface area contributed by atoms with E-state index in [0.717, 1.165) is 49.9 Å². The summed E-state index contributed by atoms with van der Waals surface area (Å²) in [6.07, 6.45) is 4.63. The van der Waals surface area contributed by atoms with Gasteiger partial charge in [-0.3, -0.25) is 4.79 Å². The average molecular weight is 321 g/mol. The Morgan fingerprint density at radius 2 is 2.00 bits per heavy atom. The summed E-state index contributed by atoms with van der Waals surface area (Å²) in [6.45, 7) is 7.44. The smallest absolute Gasteiger partial charge is 0.313 e. The summed E-state index contributed by atoms with van der Waals surface area (Å²) in [5.74, 6) is -0.908. The van der Waals surface area contributed by atoms with Crippen LogP contribution in [-0.4, -0.2) is 24.7 Å². The molecule has 128 valence electrons. The predicted molar refractivity (Wildman–Crippen MR) is 90.0 cm³/mol. The minimum Gasteiger partial charge on any atom is -0.459 e. The van der Waals surface area contributed by atoms with Crippen LogP contribution in [0.3, 0.4) is 0 Å². The Morgan fingerprint density at radius 3 is 2.74 bits per heavy atom. The van der Waals surface area contributed by atoms with E-state index in [4.69, 9.17) is 4.74 Å². The van der Waals surface area contributed by atoms with Crippen LogP contribution in [-0.2, 0) is 16.0 Å². The Kier molecular flexibility index (Phi) is 6.17. The molecule has 0 radical (unpaired) electrons. The van der Waals surface area contributed by atoms with Crippen molar-refractivity contribution in [1.82, 2.24) is 5.32 Å². The summed E-state index contributed by atoms with van der Waals surface area (Å²) in [4.78, 5) is 12.7. The van der Waals surface area contributed by atoms with Crippen LogP contribution in [0.5, 0.6) is 0 Å². The highest BCUT2D eigenvalue weighted by Gasteiger charge is 2.28. The van der Waals surface area contributed by atoms with Gasteiger partial charge in [0.1, 0.15) is 11.4 Å². The molecular formula is C19H28FNO2. The van der Waals surface area contributed by atoms with Gasteiger partial charge >= 0.3 is 5.97 Å². The molecule has 1 aliphatic rings. The van der Waals surface area contributed by atoms with Gasteiger partial charge in [-0.2, -0.15) is 0 Å². The number of nitrogens with one attached hydrogen (secondary N) is 1. The van der Waals surface area contributed by atoms with E-state index in [1.54, 1.807) is 0 Å². The first kappa shape index (κ1) is 17.9. The number of carbonyl (C=O) groups excluding carboxylic acids is 1. The van der Waals surface area contributed by atoms with Crippen molar-refractivity contribution in [1.29, 1.82) is 0 Å². The summed E-state index contributed by atoms with van der Waals surface area (Å²) < 4.78 is 19.4. The van der Waals surface area contributed by atoms with Crippen LogP contribution in [0.15, 0.2) is 18.2 Å². The van der Waals surface area contributed by atoms with Crippen LogP contribution in [0.2, 0.25) is 0 Å². The molecule has 2 rings (SSSR count). The lowest BCUT2D eigenvalue weighted by molar-refractivity contribution is -0.157. The highest BCUT2D eigenvalue weighted by atomic mass is 19.1. The topological polar surface area (TPSA) is 38.3 Å². The molecule has 0 aromatic heterocycles. The third kappa shape index (κ3) is 5.61. The highest BCUT2D eigenvalue weighted by Crippen LogP contribution is 2.30. The molecule has 0 aliphatic carbocycles. The maximum atomic E-state index is 13.8. The average Bonchev–Trinajstić information content (AvgIpc) is 2.49. The molecule has 1 N–H and O–H groups in total. The number of hydrogen-bond acceptors (Lipinski definition) is 3. The predicted octanol–water partition coefficient (Wildman–Crippen LogP) is 3.96. The van der Waals surface area contributed by atoms with Crippen molar-refractivity contribution < 1.29 is 13.9 Å². The minimum atomic E-state index is -0.529. The number of hydrogen-bond donors (Lipinski definition) is 1. The van der Waals surface area contributed by atoms with Crippen molar-refractivity contribution in [2.24, 2.45) is 0 Å². The Balaban J connectivity index is 2.32. The zero-order valence-corrected chi connectivity index (χ0v) is 14.5. The van der Waals surface area contributed by atoms with Crippen molar-refractivity contribution in [3.63, 3.8) is 0 Å². The number of benzene rings is 1. The molecule has 1 atom stereocenters. The monoisotopic (exact) mass is 321 g/mol. The largest absolute Gasteiger partial charge is 0.459 e.